The molecule has 110 valence electrons. The van der Waals surface area contributed by atoms with E-state index in [1.165, 1.54) is 0 Å². The van der Waals surface area contributed by atoms with E-state index in [0.717, 1.165) is 20.8 Å². The highest BCUT2D eigenvalue weighted by Crippen LogP contribution is 2.22. The molecule has 0 spiro atoms. The lowest BCUT2D eigenvalue weighted by Gasteiger charge is -2.35. The minimum atomic E-state index is 0.0850. The molecule has 2 atom stereocenters. The second kappa shape index (κ2) is 5.78. The number of amides is 1. The van der Waals surface area contributed by atoms with Crippen LogP contribution in [0.25, 0.3) is 10.8 Å². The van der Waals surface area contributed by atoms with Crippen LogP contribution < -0.4 is 0 Å². The third-order valence-corrected chi connectivity index (χ3v) is 4.25. The van der Waals surface area contributed by atoms with Gasteiger partial charge in [0.05, 0.1) is 12.2 Å². The van der Waals surface area contributed by atoms with Crippen molar-refractivity contribution in [3.05, 3.63) is 46.4 Å². The highest BCUT2D eigenvalue weighted by atomic mass is 79.9. The van der Waals surface area contributed by atoms with Crippen LogP contribution in [0.1, 0.15) is 24.2 Å². The molecule has 2 aromatic rings. The van der Waals surface area contributed by atoms with Crippen molar-refractivity contribution in [2.45, 2.75) is 26.1 Å². The third-order valence-electron chi connectivity index (χ3n) is 3.76. The van der Waals surface area contributed by atoms with Crippen LogP contribution in [0.4, 0.5) is 0 Å². The zero-order chi connectivity index (χ0) is 15.0. The highest BCUT2D eigenvalue weighted by Gasteiger charge is 2.26. The quantitative estimate of drug-likeness (QED) is 0.783. The van der Waals surface area contributed by atoms with E-state index < -0.39 is 0 Å². The number of nitrogens with zero attached hydrogens (tertiary/aromatic N) is 1. The standard InChI is InChI=1S/C17H18BrNO2/c1-11-9-19(10-12(2)21-11)17(20)15-4-3-14-8-16(18)6-5-13(14)7-15/h3-8,11-12H,9-10H2,1-2H3. The minimum Gasteiger partial charge on any atom is -0.372 e. The SMILES string of the molecule is CC1CN(C(=O)c2ccc3cc(Br)ccc3c2)CC(C)O1. The first-order valence-electron chi connectivity index (χ1n) is 7.17. The predicted molar refractivity (Wildman–Crippen MR) is 87.6 cm³/mol. The van der Waals surface area contributed by atoms with Gasteiger partial charge < -0.3 is 9.64 Å². The summed E-state index contributed by atoms with van der Waals surface area (Å²) >= 11 is 3.47. The number of hydrogen-bond acceptors (Lipinski definition) is 2. The van der Waals surface area contributed by atoms with E-state index in [4.69, 9.17) is 4.74 Å². The molecule has 0 N–H and O–H groups in total. The molecule has 1 heterocycles. The van der Waals surface area contributed by atoms with Crippen molar-refractivity contribution in [1.29, 1.82) is 0 Å². The lowest BCUT2D eigenvalue weighted by Crippen LogP contribution is -2.48. The predicted octanol–water partition coefficient (Wildman–Crippen LogP) is 3.85. The fourth-order valence-electron chi connectivity index (χ4n) is 2.88. The van der Waals surface area contributed by atoms with Crippen LogP contribution in [-0.2, 0) is 4.74 Å². The first kappa shape index (κ1) is 14.5. The molecule has 0 bridgehead atoms. The molecule has 0 radical (unpaired) electrons. The fraction of sp³-hybridized carbons (Fsp3) is 0.353. The van der Waals surface area contributed by atoms with Crippen molar-refractivity contribution in [2.75, 3.05) is 13.1 Å². The smallest absolute Gasteiger partial charge is 0.254 e. The largest absolute Gasteiger partial charge is 0.372 e. The van der Waals surface area contributed by atoms with Gasteiger partial charge in [-0.15, -0.1) is 0 Å². The van der Waals surface area contributed by atoms with E-state index in [1.807, 2.05) is 49.1 Å². The molecular formula is C17H18BrNO2. The molecule has 1 saturated heterocycles. The van der Waals surface area contributed by atoms with Crippen LogP contribution in [-0.4, -0.2) is 36.1 Å². The Morgan fingerprint density at radius 1 is 1.10 bits per heavy atom. The second-order valence-corrected chi connectivity index (χ2v) is 6.59. The van der Waals surface area contributed by atoms with Crippen LogP contribution >= 0.6 is 15.9 Å². The monoisotopic (exact) mass is 347 g/mol. The topological polar surface area (TPSA) is 29.5 Å². The highest BCUT2D eigenvalue weighted by molar-refractivity contribution is 9.10. The summed E-state index contributed by atoms with van der Waals surface area (Å²) in [5.41, 5.74) is 0.742. The Morgan fingerprint density at radius 3 is 2.43 bits per heavy atom. The third kappa shape index (κ3) is 3.11. The van der Waals surface area contributed by atoms with Crippen LogP contribution in [0, 0.1) is 0 Å². The molecular weight excluding hydrogens is 330 g/mol. The number of benzene rings is 2. The van der Waals surface area contributed by atoms with Gasteiger partial charge in [-0.3, -0.25) is 4.79 Å². The molecule has 4 heteroatoms. The van der Waals surface area contributed by atoms with Crippen molar-refractivity contribution in [3.8, 4) is 0 Å². The maximum Gasteiger partial charge on any atom is 0.254 e. The summed E-state index contributed by atoms with van der Waals surface area (Å²) in [6.07, 6.45) is 0.184. The molecule has 3 rings (SSSR count). The van der Waals surface area contributed by atoms with E-state index in [9.17, 15) is 4.79 Å². The molecule has 2 aromatic carbocycles. The van der Waals surface area contributed by atoms with Gasteiger partial charge in [0.15, 0.2) is 0 Å². The number of fused-ring (bicyclic) bond motifs is 1. The Kier molecular flexibility index (Phi) is 4.00. The summed E-state index contributed by atoms with van der Waals surface area (Å²) < 4.78 is 6.73. The van der Waals surface area contributed by atoms with Crippen molar-refractivity contribution >= 4 is 32.6 Å². The molecule has 1 amide bonds. The lowest BCUT2D eigenvalue weighted by atomic mass is 10.1. The Bertz CT molecular complexity index is 676. The van der Waals surface area contributed by atoms with Crippen molar-refractivity contribution in [3.63, 3.8) is 0 Å². The fourth-order valence-corrected chi connectivity index (χ4v) is 3.25. The first-order chi connectivity index (χ1) is 10.0. The summed E-state index contributed by atoms with van der Waals surface area (Å²) in [4.78, 5) is 14.6. The van der Waals surface area contributed by atoms with E-state index in [1.54, 1.807) is 0 Å². The van der Waals surface area contributed by atoms with Gasteiger partial charge >= 0.3 is 0 Å². The van der Waals surface area contributed by atoms with Crippen LogP contribution in [0.2, 0.25) is 0 Å². The summed E-state index contributed by atoms with van der Waals surface area (Å²) in [7, 11) is 0. The number of ether oxygens (including phenoxy) is 1. The molecule has 1 aliphatic heterocycles. The number of morpholine rings is 1. The lowest BCUT2D eigenvalue weighted by molar-refractivity contribution is -0.0586. The summed E-state index contributed by atoms with van der Waals surface area (Å²) in [5.74, 6) is 0.0850. The number of rotatable bonds is 1. The molecule has 2 unspecified atom stereocenters. The van der Waals surface area contributed by atoms with E-state index >= 15 is 0 Å². The summed E-state index contributed by atoms with van der Waals surface area (Å²) in [6.45, 7) is 5.32. The van der Waals surface area contributed by atoms with Gasteiger partial charge in [0.2, 0.25) is 0 Å². The Morgan fingerprint density at radius 2 is 1.71 bits per heavy atom. The number of carbonyl (C=O) groups is 1. The Hall–Kier alpha value is -1.39. The summed E-state index contributed by atoms with van der Waals surface area (Å²) in [5, 5.41) is 2.21. The van der Waals surface area contributed by atoms with E-state index in [0.29, 0.717) is 13.1 Å². The van der Waals surface area contributed by atoms with Crippen molar-refractivity contribution in [2.24, 2.45) is 0 Å². The van der Waals surface area contributed by atoms with Crippen molar-refractivity contribution in [1.82, 2.24) is 4.90 Å². The average molecular weight is 348 g/mol. The normalized spacial score (nSPS) is 22.5. The van der Waals surface area contributed by atoms with Gasteiger partial charge in [0.25, 0.3) is 5.91 Å². The summed E-state index contributed by atoms with van der Waals surface area (Å²) in [6, 6.07) is 12.0. The van der Waals surface area contributed by atoms with Crippen LogP contribution in [0.5, 0.6) is 0 Å². The maximum absolute atomic E-state index is 12.7. The van der Waals surface area contributed by atoms with E-state index in [-0.39, 0.29) is 18.1 Å². The average Bonchev–Trinajstić information content (AvgIpc) is 2.45. The molecule has 0 aromatic heterocycles. The van der Waals surface area contributed by atoms with Crippen LogP contribution in [0.15, 0.2) is 40.9 Å². The van der Waals surface area contributed by atoms with Crippen molar-refractivity contribution < 1.29 is 9.53 Å². The van der Waals surface area contributed by atoms with Gasteiger partial charge in [0, 0.05) is 23.1 Å². The molecule has 0 aliphatic carbocycles. The maximum atomic E-state index is 12.7. The van der Waals surface area contributed by atoms with Gasteiger partial charge in [-0.2, -0.15) is 0 Å². The van der Waals surface area contributed by atoms with E-state index in [2.05, 4.69) is 22.0 Å². The zero-order valence-corrected chi connectivity index (χ0v) is 13.8. The zero-order valence-electron chi connectivity index (χ0n) is 12.2. The number of halogens is 1. The van der Waals surface area contributed by atoms with Gasteiger partial charge in [-0.25, -0.2) is 0 Å². The first-order valence-corrected chi connectivity index (χ1v) is 7.96. The minimum absolute atomic E-state index is 0.0850. The van der Waals surface area contributed by atoms with Gasteiger partial charge in [-0.1, -0.05) is 28.1 Å². The number of hydrogen-bond donors (Lipinski definition) is 0. The number of carbonyl (C=O) groups excluding carboxylic acids is 1. The van der Waals surface area contributed by atoms with Gasteiger partial charge in [0.1, 0.15) is 0 Å². The Balaban J connectivity index is 1.89. The molecule has 0 saturated carbocycles. The molecule has 3 nitrogen and oxygen atoms in total. The van der Waals surface area contributed by atoms with Gasteiger partial charge in [-0.05, 0) is 48.9 Å². The molecule has 21 heavy (non-hydrogen) atoms. The van der Waals surface area contributed by atoms with Crippen LogP contribution in [0.3, 0.4) is 0 Å². The Labute approximate surface area is 133 Å². The second-order valence-electron chi connectivity index (χ2n) is 5.67. The molecule has 1 aliphatic rings. The molecule has 1 fully saturated rings.